The van der Waals surface area contributed by atoms with E-state index in [-0.39, 0.29) is 30.3 Å². The molecule has 6 heteroatoms. The molecule has 0 bridgehead atoms. The Balaban J connectivity index is 1.82. The van der Waals surface area contributed by atoms with Crippen LogP contribution in [-0.2, 0) is 20.7 Å². The van der Waals surface area contributed by atoms with Gasteiger partial charge < -0.3 is 15.4 Å². The van der Waals surface area contributed by atoms with E-state index in [4.69, 9.17) is 4.74 Å². The quantitative estimate of drug-likeness (QED) is 0.602. The van der Waals surface area contributed by atoms with Crippen molar-refractivity contribution in [2.75, 3.05) is 13.2 Å². The lowest BCUT2D eigenvalue weighted by Gasteiger charge is -2.23. The number of hydrogen-bond acceptors (Lipinski definition) is 4. The van der Waals surface area contributed by atoms with Gasteiger partial charge in [0.2, 0.25) is 0 Å². The van der Waals surface area contributed by atoms with Gasteiger partial charge in [-0.25, -0.2) is 0 Å². The summed E-state index contributed by atoms with van der Waals surface area (Å²) in [5.41, 5.74) is 4.79. The van der Waals surface area contributed by atoms with Crippen molar-refractivity contribution in [3.05, 3.63) is 70.3 Å². The molecule has 6 nitrogen and oxygen atoms in total. The summed E-state index contributed by atoms with van der Waals surface area (Å²) < 4.78 is 5.02. The zero-order chi connectivity index (χ0) is 23.0. The Bertz CT molecular complexity index is 920. The highest BCUT2D eigenvalue weighted by atomic mass is 16.5. The zero-order valence-corrected chi connectivity index (χ0v) is 19.0. The second kappa shape index (κ2) is 11.3. The molecule has 166 valence electrons. The smallest absolute Gasteiger partial charge is 0.325 e. The van der Waals surface area contributed by atoms with Crippen molar-refractivity contribution in [2.24, 2.45) is 5.92 Å². The molecule has 31 heavy (non-hydrogen) atoms. The Kier molecular flexibility index (Phi) is 8.79. The number of hydrogen-bond donors (Lipinski definition) is 2. The fraction of sp³-hybridized carbons (Fsp3) is 0.400. The van der Waals surface area contributed by atoms with Crippen molar-refractivity contribution in [1.29, 1.82) is 0 Å². The summed E-state index contributed by atoms with van der Waals surface area (Å²) in [6.07, 6.45) is 0.953. The van der Waals surface area contributed by atoms with Crippen LogP contribution in [0.3, 0.4) is 0 Å². The van der Waals surface area contributed by atoms with E-state index in [9.17, 15) is 14.4 Å². The van der Waals surface area contributed by atoms with Gasteiger partial charge in [-0.15, -0.1) is 0 Å². The molecular weight excluding hydrogens is 392 g/mol. The molecule has 0 aliphatic carbocycles. The number of aryl methyl sites for hydroxylation is 3. The molecule has 0 aliphatic rings. The van der Waals surface area contributed by atoms with Gasteiger partial charge in [0.1, 0.15) is 6.54 Å². The Morgan fingerprint density at radius 3 is 2.23 bits per heavy atom. The molecule has 2 aromatic carbocycles. The van der Waals surface area contributed by atoms with E-state index in [0.717, 1.165) is 23.1 Å². The van der Waals surface area contributed by atoms with Crippen LogP contribution >= 0.6 is 0 Å². The third-order valence-corrected chi connectivity index (χ3v) is 5.26. The third kappa shape index (κ3) is 7.24. The summed E-state index contributed by atoms with van der Waals surface area (Å²) >= 11 is 0. The number of amides is 2. The average Bonchev–Trinajstić information content (AvgIpc) is 2.76. The van der Waals surface area contributed by atoms with Gasteiger partial charge in [-0.3, -0.25) is 14.4 Å². The van der Waals surface area contributed by atoms with Crippen LogP contribution in [0.1, 0.15) is 59.4 Å². The van der Waals surface area contributed by atoms with Gasteiger partial charge in [-0.05, 0) is 60.6 Å². The summed E-state index contributed by atoms with van der Waals surface area (Å²) in [5.74, 6) is -1.24. The van der Waals surface area contributed by atoms with Crippen LogP contribution in [0.15, 0.2) is 42.5 Å². The van der Waals surface area contributed by atoms with Gasteiger partial charge in [0.25, 0.3) is 11.8 Å². The molecule has 0 aliphatic heterocycles. The molecule has 0 saturated heterocycles. The van der Waals surface area contributed by atoms with E-state index in [1.807, 2.05) is 45.9 Å². The molecule has 2 N–H and O–H groups in total. The number of esters is 1. The van der Waals surface area contributed by atoms with Crippen molar-refractivity contribution in [2.45, 2.75) is 47.1 Å². The Morgan fingerprint density at radius 2 is 1.65 bits per heavy atom. The van der Waals surface area contributed by atoms with E-state index < -0.39 is 12.6 Å². The first-order valence-corrected chi connectivity index (χ1v) is 10.6. The minimum atomic E-state index is -0.666. The maximum absolute atomic E-state index is 12.3. The predicted molar refractivity (Wildman–Crippen MR) is 121 cm³/mol. The predicted octanol–water partition coefficient (Wildman–Crippen LogP) is 3.65. The second-order valence-electron chi connectivity index (χ2n) is 8.03. The molecule has 2 rings (SSSR count). The molecule has 0 saturated carbocycles. The van der Waals surface area contributed by atoms with Gasteiger partial charge in [0.05, 0.1) is 6.04 Å². The van der Waals surface area contributed by atoms with E-state index >= 15 is 0 Å². The van der Waals surface area contributed by atoms with Crippen molar-refractivity contribution in [1.82, 2.24) is 10.6 Å². The number of ether oxygens (including phenoxy) is 1. The highest BCUT2D eigenvalue weighted by Crippen LogP contribution is 2.22. The first-order valence-electron chi connectivity index (χ1n) is 10.6. The Morgan fingerprint density at radius 1 is 0.968 bits per heavy atom. The molecule has 1 atom stereocenters. The molecule has 2 aromatic rings. The molecule has 0 radical (unpaired) electrons. The van der Waals surface area contributed by atoms with E-state index in [0.29, 0.717) is 5.56 Å². The van der Waals surface area contributed by atoms with Gasteiger partial charge >= 0.3 is 5.97 Å². The minimum Gasteiger partial charge on any atom is -0.454 e. The van der Waals surface area contributed by atoms with Gasteiger partial charge in [-0.2, -0.15) is 0 Å². The molecular formula is C25H32N2O4. The van der Waals surface area contributed by atoms with Gasteiger partial charge in [0, 0.05) is 5.56 Å². The average molecular weight is 425 g/mol. The normalized spacial score (nSPS) is 11.7. The van der Waals surface area contributed by atoms with Crippen molar-refractivity contribution >= 4 is 17.8 Å². The molecule has 0 spiro atoms. The number of carbonyl (C=O) groups excluding carboxylic acids is 3. The Hall–Kier alpha value is -3.15. The van der Waals surface area contributed by atoms with E-state index in [1.165, 1.54) is 5.56 Å². The van der Waals surface area contributed by atoms with Crippen molar-refractivity contribution in [3.63, 3.8) is 0 Å². The lowest BCUT2D eigenvalue weighted by atomic mass is 9.95. The second-order valence-corrected chi connectivity index (χ2v) is 8.03. The summed E-state index contributed by atoms with van der Waals surface area (Å²) in [7, 11) is 0. The standard InChI is InChI=1S/C25H32N2O4/c1-6-19-8-11-20(12-9-19)24(16(2)3)27-22(28)15-31-23(29)14-26-25(30)21-10-7-17(4)18(5)13-21/h7-13,16,24H,6,14-15H2,1-5H3,(H,26,30)(H,27,28)/t24-/m0/s1. The van der Waals surface area contributed by atoms with E-state index in [2.05, 4.69) is 29.7 Å². The monoisotopic (exact) mass is 424 g/mol. The maximum Gasteiger partial charge on any atom is 0.325 e. The molecule has 0 unspecified atom stereocenters. The third-order valence-electron chi connectivity index (χ3n) is 5.26. The van der Waals surface area contributed by atoms with Crippen LogP contribution in [0.2, 0.25) is 0 Å². The van der Waals surface area contributed by atoms with Gasteiger partial charge in [0.15, 0.2) is 6.61 Å². The van der Waals surface area contributed by atoms with Crippen LogP contribution in [-0.4, -0.2) is 30.9 Å². The number of benzene rings is 2. The Labute approximate surface area is 184 Å². The molecule has 0 aromatic heterocycles. The molecule has 2 amide bonds. The zero-order valence-electron chi connectivity index (χ0n) is 19.0. The fourth-order valence-corrected chi connectivity index (χ4v) is 3.14. The lowest BCUT2D eigenvalue weighted by Crippen LogP contribution is -2.36. The van der Waals surface area contributed by atoms with Gasteiger partial charge in [-0.1, -0.05) is 51.1 Å². The number of rotatable bonds is 9. The SMILES string of the molecule is CCc1ccc([C@@H](NC(=O)COC(=O)CNC(=O)c2ccc(C)c(C)c2)C(C)C)cc1. The molecule has 0 heterocycles. The lowest BCUT2D eigenvalue weighted by molar-refractivity contribution is -0.147. The van der Waals surface area contributed by atoms with Crippen molar-refractivity contribution < 1.29 is 19.1 Å². The van der Waals surface area contributed by atoms with Crippen LogP contribution in [0.4, 0.5) is 0 Å². The first-order chi connectivity index (χ1) is 14.7. The van der Waals surface area contributed by atoms with Crippen LogP contribution < -0.4 is 10.6 Å². The largest absolute Gasteiger partial charge is 0.454 e. The maximum atomic E-state index is 12.3. The first kappa shape index (κ1) is 24.1. The fourth-order valence-electron chi connectivity index (χ4n) is 3.14. The number of carbonyl (C=O) groups is 3. The number of nitrogens with one attached hydrogen (secondary N) is 2. The summed E-state index contributed by atoms with van der Waals surface area (Å²) in [5, 5.41) is 5.44. The summed E-state index contributed by atoms with van der Waals surface area (Å²) in [4.78, 5) is 36.4. The molecule has 0 fully saturated rings. The van der Waals surface area contributed by atoms with Crippen LogP contribution in [0.25, 0.3) is 0 Å². The summed E-state index contributed by atoms with van der Waals surface area (Å²) in [6, 6.07) is 13.3. The highest BCUT2D eigenvalue weighted by molar-refractivity contribution is 5.96. The summed E-state index contributed by atoms with van der Waals surface area (Å²) in [6.45, 7) is 9.32. The van der Waals surface area contributed by atoms with Crippen LogP contribution in [0, 0.1) is 19.8 Å². The highest BCUT2D eigenvalue weighted by Gasteiger charge is 2.19. The van der Waals surface area contributed by atoms with Crippen LogP contribution in [0.5, 0.6) is 0 Å². The topological polar surface area (TPSA) is 84.5 Å². The van der Waals surface area contributed by atoms with Crippen molar-refractivity contribution in [3.8, 4) is 0 Å². The van der Waals surface area contributed by atoms with E-state index in [1.54, 1.807) is 12.1 Å². The minimum absolute atomic E-state index is 0.171.